The van der Waals surface area contributed by atoms with Crippen LogP contribution in [0.2, 0.25) is 0 Å². The molecule has 0 aliphatic carbocycles. The summed E-state index contributed by atoms with van der Waals surface area (Å²) in [7, 11) is 3.29. The summed E-state index contributed by atoms with van der Waals surface area (Å²) in [6, 6.07) is 5.65. The highest BCUT2D eigenvalue weighted by Crippen LogP contribution is 2.31. The largest absolute Gasteiger partial charge is 0.497 e. The van der Waals surface area contributed by atoms with E-state index in [1.807, 2.05) is 36.7 Å². The number of aromatic nitrogens is 2. The van der Waals surface area contributed by atoms with Crippen molar-refractivity contribution >= 4 is 15.9 Å². The fourth-order valence-electron chi connectivity index (χ4n) is 1.82. The Morgan fingerprint density at radius 1 is 1.17 bits per heavy atom. The van der Waals surface area contributed by atoms with E-state index in [4.69, 9.17) is 9.47 Å². The van der Waals surface area contributed by atoms with Gasteiger partial charge in [-0.3, -0.25) is 0 Å². The third-order valence-electron chi connectivity index (χ3n) is 2.82. The molecular formula is C13H15BrN2O2. The van der Waals surface area contributed by atoms with E-state index >= 15 is 0 Å². The second-order valence-electron chi connectivity index (χ2n) is 3.93. The Morgan fingerprint density at radius 3 is 2.39 bits per heavy atom. The number of rotatable bonds is 3. The molecule has 1 heterocycles. The molecule has 0 N–H and O–H groups in total. The maximum Gasteiger partial charge on any atom is 0.144 e. The molecule has 5 heteroatoms. The molecule has 0 radical (unpaired) electrons. The standard InChI is InChI=1S/C13H15BrN2O2/c1-8-13(14)9(2)16(15-8)11-7-10(17-3)5-6-12(11)18-4/h5-7H,1-4H3. The summed E-state index contributed by atoms with van der Waals surface area (Å²) in [5.74, 6) is 1.53. The Hall–Kier alpha value is -1.49. The lowest BCUT2D eigenvalue weighted by Crippen LogP contribution is -2.02. The molecule has 0 saturated carbocycles. The van der Waals surface area contributed by atoms with Gasteiger partial charge in [-0.15, -0.1) is 0 Å². The van der Waals surface area contributed by atoms with Crippen molar-refractivity contribution in [2.75, 3.05) is 14.2 Å². The lowest BCUT2D eigenvalue weighted by Gasteiger charge is -2.11. The Kier molecular flexibility index (Phi) is 3.61. The van der Waals surface area contributed by atoms with Gasteiger partial charge in [-0.05, 0) is 41.9 Å². The summed E-state index contributed by atoms with van der Waals surface area (Å²) >= 11 is 3.52. The number of methoxy groups -OCH3 is 2. The van der Waals surface area contributed by atoms with E-state index in [0.717, 1.165) is 33.0 Å². The third kappa shape index (κ3) is 2.10. The van der Waals surface area contributed by atoms with Crippen molar-refractivity contribution in [3.63, 3.8) is 0 Å². The van der Waals surface area contributed by atoms with Gasteiger partial charge in [0.1, 0.15) is 17.2 Å². The predicted octanol–water partition coefficient (Wildman–Crippen LogP) is 3.27. The molecule has 1 aromatic heterocycles. The molecule has 0 unspecified atom stereocenters. The molecule has 0 aliphatic heterocycles. The van der Waals surface area contributed by atoms with Crippen molar-refractivity contribution < 1.29 is 9.47 Å². The molecule has 0 spiro atoms. The molecule has 0 aliphatic rings. The van der Waals surface area contributed by atoms with E-state index in [-0.39, 0.29) is 0 Å². The van der Waals surface area contributed by atoms with Crippen molar-refractivity contribution in [3.05, 3.63) is 34.1 Å². The van der Waals surface area contributed by atoms with Crippen LogP contribution < -0.4 is 9.47 Å². The summed E-state index contributed by atoms with van der Waals surface area (Å²) < 4.78 is 13.5. The first-order chi connectivity index (χ1) is 8.58. The molecule has 0 atom stereocenters. The molecule has 4 nitrogen and oxygen atoms in total. The monoisotopic (exact) mass is 310 g/mol. The average molecular weight is 311 g/mol. The first-order valence-electron chi connectivity index (χ1n) is 5.52. The van der Waals surface area contributed by atoms with E-state index in [1.54, 1.807) is 14.2 Å². The Balaban J connectivity index is 2.64. The molecule has 2 aromatic rings. The second kappa shape index (κ2) is 5.02. The number of hydrogen-bond donors (Lipinski definition) is 0. The lowest BCUT2D eigenvalue weighted by atomic mass is 10.2. The summed E-state index contributed by atoms with van der Waals surface area (Å²) in [4.78, 5) is 0. The lowest BCUT2D eigenvalue weighted by molar-refractivity contribution is 0.400. The molecule has 0 bridgehead atoms. The van der Waals surface area contributed by atoms with Gasteiger partial charge in [0, 0.05) is 6.07 Å². The second-order valence-corrected chi connectivity index (χ2v) is 4.73. The van der Waals surface area contributed by atoms with Crippen LogP contribution in [0, 0.1) is 13.8 Å². The quantitative estimate of drug-likeness (QED) is 0.873. The number of nitrogens with zero attached hydrogens (tertiary/aromatic N) is 2. The molecule has 96 valence electrons. The smallest absolute Gasteiger partial charge is 0.144 e. The average Bonchev–Trinajstić information content (AvgIpc) is 2.65. The highest BCUT2D eigenvalue weighted by Gasteiger charge is 2.14. The van der Waals surface area contributed by atoms with E-state index in [0.29, 0.717) is 0 Å². The van der Waals surface area contributed by atoms with Crippen LogP contribution in [0.5, 0.6) is 11.5 Å². The Morgan fingerprint density at radius 2 is 1.89 bits per heavy atom. The van der Waals surface area contributed by atoms with Crippen molar-refractivity contribution in [2.45, 2.75) is 13.8 Å². The molecular weight excluding hydrogens is 296 g/mol. The minimum absolute atomic E-state index is 0.758. The first kappa shape index (κ1) is 13.0. The number of halogens is 1. The number of aryl methyl sites for hydroxylation is 1. The zero-order valence-corrected chi connectivity index (χ0v) is 12.4. The summed E-state index contributed by atoms with van der Waals surface area (Å²) in [6.45, 7) is 3.96. The topological polar surface area (TPSA) is 36.3 Å². The van der Waals surface area contributed by atoms with E-state index < -0.39 is 0 Å². The van der Waals surface area contributed by atoms with Gasteiger partial charge in [-0.2, -0.15) is 5.10 Å². The summed E-state index contributed by atoms with van der Waals surface area (Å²) in [6.07, 6.45) is 0. The van der Waals surface area contributed by atoms with E-state index in [9.17, 15) is 0 Å². The van der Waals surface area contributed by atoms with Crippen LogP contribution in [0.15, 0.2) is 22.7 Å². The molecule has 0 saturated heterocycles. The molecule has 0 amide bonds. The summed E-state index contributed by atoms with van der Waals surface area (Å²) in [5.41, 5.74) is 2.83. The van der Waals surface area contributed by atoms with Gasteiger partial charge in [-0.1, -0.05) is 0 Å². The normalized spacial score (nSPS) is 10.5. The van der Waals surface area contributed by atoms with Crippen molar-refractivity contribution in [1.82, 2.24) is 9.78 Å². The van der Waals surface area contributed by atoms with Crippen LogP contribution in [0.4, 0.5) is 0 Å². The van der Waals surface area contributed by atoms with Crippen LogP contribution in [0.1, 0.15) is 11.4 Å². The van der Waals surface area contributed by atoms with Crippen molar-refractivity contribution in [1.29, 1.82) is 0 Å². The zero-order chi connectivity index (χ0) is 13.3. The minimum atomic E-state index is 0.758. The number of ether oxygens (including phenoxy) is 2. The Labute approximate surface area is 115 Å². The molecule has 1 aromatic carbocycles. The first-order valence-corrected chi connectivity index (χ1v) is 6.32. The van der Waals surface area contributed by atoms with Gasteiger partial charge in [0.15, 0.2) is 0 Å². The van der Waals surface area contributed by atoms with Gasteiger partial charge >= 0.3 is 0 Å². The van der Waals surface area contributed by atoms with Gasteiger partial charge < -0.3 is 9.47 Å². The predicted molar refractivity (Wildman–Crippen MR) is 73.8 cm³/mol. The number of hydrogen-bond acceptors (Lipinski definition) is 3. The van der Waals surface area contributed by atoms with E-state index in [1.165, 1.54) is 0 Å². The van der Waals surface area contributed by atoms with Crippen LogP contribution >= 0.6 is 15.9 Å². The van der Waals surface area contributed by atoms with Gasteiger partial charge in [0.2, 0.25) is 0 Å². The fraction of sp³-hybridized carbons (Fsp3) is 0.308. The molecule has 18 heavy (non-hydrogen) atoms. The zero-order valence-electron chi connectivity index (χ0n) is 10.8. The molecule has 0 fully saturated rings. The SMILES string of the molecule is COc1ccc(OC)c(-n2nc(C)c(Br)c2C)c1. The highest BCUT2D eigenvalue weighted by atomic mass is 79.9. The van der Waals surface area contributed by atoms with Crippen LogP contribution in [0.3, 0.4) is 0 Å². The van der Waals surface area contributed by atoms with Gasteiger partial charge in [-0.25, -0.2) is 4.68 Å². The van der Waals surface area contributed by atoms with E-state index in [2.05, 4.69) is 21.0 Å². The van der Waals surface area contributed by atoms with Crippen LogP contribution in [-0.2, 0) is 0 Å². The van der Waals surface area contributed by atoms with Crippen molar-refractivity contribution in [3.8, 4) is 17.2 Å². The minimum Gasteiger partial charge on any atom is -0.497 e. The molecule has 2 rings (SSSR count). The maximum atomic E-state index is 5.37. The summed E-state index contributed by atoms with van der Waals surface area (Å²) in [5, 5.41) is 4.50. The van der Waals surface area contributed by atoms with Crippen LogP contribution in [0.25, 0.3) is 5.69 Å². The number of benzene rings is 1. The Bertz CT molecular complexity index is 579. The maximum absolute atomic E-state index is 5.37. The highest BCUT2D eigenvalue weighted by molar-refractivity contribution is 9.10. The van der Waals surface area contributed by atoms with Crippen LogP contribution in [-0.4, -0.2) is 24.0 Å². The van der Waals surface area contributed by atoms with Crippen molar-refractivity contribution in [2.24, 2.45) is 0 Å². The third-order valence-corrected chi connectivity index (χ3v) is 3.96. The van der Waals surface area contributed by atoms with Gasteiger partial charge in [0.25, 0.3) is 0 Å². The van der Waals surface area contributed by atoms with Gasteiger partial charge in [0.05, 0.1) is 30.1 Å². The fourth-order valence-corrected chi connectivity index (χ4v) is 2.07.